The van der Waals surface area contributed by atoms with Crippen molar-refractivity contribution < 1.29 is 8.78 Å². The van der Waals surface area contributed by atoms with Gasteiger partial charge in [0.05, 0.1) is 5.88 Å². The molecule has 16 heavy (non-hydrogen) atoms. The zero-order valence-corrected chi connectivity index (χ0v) is 10.1. The van der Waals surface area contributed by atoms with Crippen LogP contribution in [0.4, 0.5) is 8.78 Å². The first-order valence-electron chi connectivity index (χ1n) is 4.97. The van der Waals surface area contributed by atoms with Gasteiger partial charge in [-0.2, -0.15) is 0 Å². The Hall–Kier alpha value is -0.750. The van der Waals surface area contributed by atoms with Crippen LogP contribution in [-0.4, -0.2) is 40.5 Å². The van der Waals surface area contributed by atoms with Crippen molar-refractivity contribution >= 4 is 11.6 Å². The molecule has 0 fully saturated rings. The summed E-state index contributed by atoms with van der Waals surface area (Å²) >= 11 is 5.52. The van der Waals surface area contributed by atoms with Crippen molar-refractivity contribution in [1.82, 2.24) is 19.9 Å². The highest BCUT2D eigenvalue weighted by molar-refractivity contribution is 6.16. The van der Waals surface area contributed by atoms with E-state index in [2.05, 4.69) is 10.3 Å². The quantitative estimate of drug-likeness (QED) is 0.726. The number of alkyl halides is 3. The summed E-state index contributed by atoms with van der Waals surface area (Å²) < 4.78 is 26.7. The third kappa shape index (κ3) is 3.38. The van der Waals surface area contributed by atoms with Crippen molar-refractivity contribution in [2.24, 2.45) is 0 Å². The first kappa shape index (κ1) is 13.3. The lowest BCUT2D eigenvalue weighted by molar-refractivity contribution is 0.137. The molecule has 4 nitrogen and oxygen atoms in total. The standard InChI is InChI=1S/C9H15ClF2N4/c1-15(2)4-3-5-16-8(9(11)12)7(6-10)13-14-16/h9H,3-6H2,1-2H3. The minimum atomic E-state index is -2.58. The number of aromatic nitrogens is 3. The molecule has 1 aromatic heterocycles. The fourth-order valence-corrected chi connectivity index (χ4v) is 1.58. The second-order valence-electron chi connectivity index (χ2n) is 3.74. The molecule has 0 radical (unpaired) electrons. The second kappa shape index (κ2) is 6.10. The van der Waals surface area contributed by atoms with Crippen molar-refractivity contribution in [2.45, 2.75) is 25.3 Å². The van der Waals surface area contributed by atoms with E-state index < -0.39 is 6.43 Å². The Morgan fingerprint density at radius 1 is 1.44 bits per heavy atom. The molecule has 0 saturated carbocycles. The predicted octanol–water partition coefficient (Wildman–Crippen LogP) is 1.91. The molecule has 0 saturated heterocycles. The van der Waals surface area contributed by atoms with Crippen LogP contribution in [0, 0.1) is 0 Å². The maximum Gasteiger partial charge on any atom is 0.281 e. The van der Waals surface area contributed by atoms with Crippen LogP contribution in [0.1, 0.15) is 24.2 Å². The monoisotopic (exact) mass is 252 g/mol. The van der Waals surface area contributed by atoms with Gasteiger partial charge in [-0.25, -0.2) is 13.5 Å². The Kier molecular flexibility index (Phi) is 5.08. The number of hydrogen-bond donors (Lipinski definition) is 0. The molecule has 92 valence electrons. The van der Waals surface area contributed by atoms with E-state index in [4.69, 9.17) is 11.6 Å². The summed E-state index contributed by atoms with van der Waals surface area (Å²) in [5.41, 5.74) is 0.00951. The van der Waals surface area contributed by atoms with E-state index in [0.717, 1.165) is 13.0 Å². The first-order chi connectivity index (χ1) is 7.56. The van der Waals surface area contributed by atoms with Crippen LogP contribution in [0.2, 0.25) is 0 Å². The molecule has 0 unspecified atom stereocenters. The van der Waals surface area contributed by atoms with Gasteiger partial charge in [0.25, 0.3) is 6.43 Å². The van der Waals surface area contributed by atoms with Crippen molar-refractivity contribution in [3.8, 4) is 0 Å². The van der Waals surface area contributed by atoms with Crippen molar-refractivity contribution in [3.63, 3.8) is 0 Å². The van der Waals surface area contributed by atoms with Gasteiger partial charge in [-0.15, -0.1) is 16.7 Å². The molecule has 0 bridgehead atoms. The minimum absolute atomic E-state index is 0.0344. The SMILES string of the molecule is CN(C)CCCn1nnc(CCl)c1C(F)F. The fourth-order valence-electron chi connectivity index (χ4n) is 1.39. The molecule has 0 amide bonds. The average molecular weight is 253 g/mol. The summed E-state index contributed by atoms with van der Waals surface area (Å²) in [6, 6.07) is 0. The highest BCUT2D eigenvalue weighted by Crippen LogP contribution is 2.22. The van der Waals surface area contributed by atoms with E-state index in [1.54, 1.807) is 0 Å². The highest BCUT2D eigenvalue weighted by atomic mass is 35.5. The lowest BCUT2D eigenvalue weighted by atomic mass is 10.3. The van der Waals surface area contributed by atoms with Gasteiger partial charge >= 0.3 is 0 Å². The third-order valence-corrected chi connectivity index (χ3v) is 2.41. The van der Waals surface area contributed by atoms with Crippen LogP contribution in [0.15, 0.2) is 0 Å². The molecule has 1 heterocycles. The minimum Gasteiger partial charge on any atom is -0.309 e. The van der Waals surface area contributed by atoms with E-state index in [1.165, 1.54) is 4.68 Å². The molecule has 1 rings (SSSR count). The van der Waals surface area contributed by atoms with Gasteiger partial charge in [0, 0.05) is 6.54 Å². The molecule has 0 aliphatic carbocycles. The molecule has 7 heteroatoms. The van der Waals surface area contributed by atoms with Gasteiger partial charge < -0.3 is 4.90 Å². The Bertz CT molecular complexity index is 327. The molecular weight excluding hydrogens is 238 g/mol. The second-order valence-corrected chi connectivity index (χ2v) is 4.00. The largest absolute Gasteiger partial charge is 0.309 e. The maximum absolute atomic E-state index is 12.7. The summed E-state index contributed by atoms with van der Waals surface area (Å²) in [6.07, 6.45) is -1.83. The summed E-state index contributed by atoms with van der Waals surface area (Å²) in [6.45, 7) is 1.25. The van der Waals surface area contributed by atoms with Gasteiger partial charge in [-0.3, -0.25) is 0 Å². The summed E-state index contributed by atoms with van der Waals surface area (Å²) in [5.74, 6) is -0.0344. The Labute approximate surface area is 98.2 Å². The lowest BCUT2D eigenvalue weighted by Crippen LogP contribution is -2.16. The Morgan fingerprint density at radius 2 is 2.12 bits per heavy atom. The summed E-state index contributed by atoms with van der Waals surface area (Å²) in [5, 5.41) is 7.33. The zero-order chi connectivity index (χ0) is 12.1. The van der Waals surface area contributed by atoms with E-state index in [9.17, 15) is 8.78 Å². The van der Waals surface area contributed by atoms with E-state index in [-0.39, 0.29) is 17.3 Å². The van der Waals surface area contributed by atoms with E-state index in [0.29, 0.717) is 6.54 Å². The van der Waals surface area contributed by atoms with Gasteiger partial charge in [-0.05, 0) is 27.1 Å². The number of aryl methyl sites for hydroxylation is 1. The van der Waals surface area contributed by atoms with Crippen LogP contribution in [-0.2, 0) is 12.4 Å². The molecule has 0 aromatic carbocycles. The van der Waals surface area contributed by atoms with Crippen molar-refractivity contribution in [3.05, 3.63) is 11.4 Å². The summed E-state index contributed by atoms with van der Waals surface area (Å²) in [7, 11) is 3.86. The first-order valence-corrected chi connectivity index (χ1v) is 5.50. The Balaban J connectivity index is 2.68. The maximum atomic E-state index is 12.7. The smallest absolute Gasteiger partial charge is 0.281 e. The number of hydrogen-bond acceptors (Lipinski definition) is 3. The van der Waals surface area contributed by atoms with Crippen molar-refractivity contribution in [2.75, 3.05) is 20.6 Å². The Morgan fingerprint density at radius 3 is 2.62 bits per heavy atom. The molecule has 0 N–H and O–H groups in total. The van der Waals surface area contributed by atoms with Gasteiger partial charge in [0.15, 0.2) is 0 Å². The molecular formula is C9H15ClF2N4. The van der Waals surface area contributed by atoms with Gasteiger partial charge in [0.2, 0.25) is 0 Å². The number of rotatable bonds is 6. The van der Waals surface area contributed by atoms with Crippen molar-refractivity contribution in [1.29, 1.82) is 0 Å². The normalized spacial score (nSPS) is 11.7. The van der Waals surface area contributed by atoms with Crippen LogP contribution in [0.3, 0.4) is 0 Å². The third-order valence-electron chi connectivity index (χ3n) is 2.16. The predicted molar refractivity (Wildman–Crippen MR) is 57.7 cm³/mol. The molecule has 0 spiro atoms. The van der Waals surface area contributed by atoms with Gasteiger partial charge in [0.1, 0.15) is 11.4 Å². The van der Waals surface area contributed by atoms with Crippen LogP contribution in [0.5, 0.6) is 0 Å². The van der Waals surface area contributed by atoms with E-state index >= 15 is 0 Å². The topological polar surface area (TPSA) is 34.0 Å². The number of nitrogens with zero attached hydrogens (tertiary/aromatic N) is 4. The zero-order valence-electron chi connectivity index (χ0n) is 9.33. The van der Waals surface area contributed by atoms with Crippen LogP contribution in [0.25, 0.3) is 0 Å². The average Bonchev–Trinajstić information content (AvgIpc) is 2.60. The highest BCUT2D eigenvalue weighted by Gasteiger charge is 2.20. The molecule has 0 atom stereocenters. The van der Waals surface area contributed by atoms with Crippen LogP contribution < -0.4 is 0 Å². The van der Waals surface area contributed by atoms with E-state index in [1.807, 2.05) is 19.0 Å². The van der Waals surface area contributed by atoms with Crippen LogP contribution >= 0.6 is 11.6 Å². The molecule has 0 aliphatic heterocycles. The number of halogens is 3. The summed E-state index contributed by atoms with van der Waals surface area (Å²) in [4.78, 5) is 1.99. The van der Waals surface area contributed by atoms with Gasteiger partial charge in [-0.1, -0.05) is 5.21 Å². The fraction of sp³-hybridized carbons (Fsp3) is 0.778. The molecule has 0 aliphatic rings. The lowest BCUT2D eigenvalue weighted by Gasteiger charge is -2.10. The molecule has 1 aromatic rings.